The van der Waals surface area contributed by atoms with E-state index in [4.69, 9.17) is 11.1 Å². The SMILES string of the molecule is Cc1ccc(Cc2ccccc2[Si](Cl)(c2ccccc2Cc2ccc(C)cc2)c2ccccc2Cc2ccc(C)cc2)cc1. The fraction of sp³-hybridized carbons (Fsp3) is 0.143. The molecule has 44 heavy (non-hydrogen) atoms. The van der Waals surface area contributed by atoms with Crippen molar-refractivity contribution in [2.75, 3.05) is 0 Å². The lowest BCUT2D eigenvalue weighted by Crippen LogP contribution is -2.65. The van der Waals surface area contributed by atoms with Gasteiger partial charge in [-0.25, -0.2) is 0 Å². The molecule has 0 radical (unpaired) electrons. The average Bonchev–Trinajstić information content (AvgIpc) is 3.05. The standard InChI is InChI=1S/C42H39ClSi/c1-31-16-22-34(23-17-31)28-37-10-4-7-13-40(37)44(43,41-14-8-5-11-38(41)29-35-24-18-32(2)19-25-35)42-15-9-6-12-39(42)30-36-26-20-33(3)21-27-36/h4-27H,28-30H2,1-3H3. The first-order chi connectivity index (χ1) is 21.4. The van der Waals surface area contributed by atoms with E-state index >= 15 is 0 Å². The van der Waals surface area contributed by atoms with Gasteiger partial charge >= 0.3 is 0 Å². The molecular weight excluding hydrogens is 568 g/mol. The minimum Gasteiger partial charge on any atom is -0.149 e. The predicted octanol–water partition coefficient (Wildman–Crippen LogP) is 8.59. The third kappa shape index (κ3) is 6.50. The van der Waals surface area contributed by atoms with Crippen molar-refractivity contribution in [1.82, 2.24) is 0 Å². The highest BCUT2D eigenvalue weighted by Crippen LogP contribution is 2.23. The van der Waals surface area contributed by atoms with E-state index < -0.39 is 7.38 Å². The smallest absolute Gasteiger partial charge is 0.149 e. The molecule has 0 aliphatic rings. The van der Waals surface area contributed by atoms with Crippen LogP contribution in [-0.4, -0.2) is 7.38 Å². The fourth-order valence-corrected chi connectivity index (χ4v) is 11.6. The van der Waals surface area contributed by atoms with E-state index in [-0.39, 0.29) is 0 Å². The second-order valence-electron chi connectivity index (χ2n) is 12.1. The molecule has 0 unspecified atom stereocenters. The number of benzene rings is 6. The van der Waals surface area contributed by atoms with E-state index in [1.54, 1.807) is 0 Å². The molecule has 6 aromatic rings. The van der Waals surface area contributed by atoms with Gasteiger partial charge in [0.15, 0.2) is 0 Å². The summed E-state index contributed by atoms with van der Waals surface area (Å²) in [5, 5.41) is 3.82. The lowest BCUT2D eigenvalue weighted by Gasteiger charge is -2.32. The highest BCUT2D eigenvalue weighted by Gasteiger charge is 2.42. The summed E-state index contributed by atoms with van der Waals surface area (Å²) in [4.78, 5) is 0. The molecule has 218 valence electrons. The molecule has 0 aromatic heterocycles. The third-order valence-electron chi connectivity index (χ3n) is 8.71. The molecule has 0 saturated heterocycles. The number of rotatable bonds is 9. The second kappa shape index (κ2) is 13.2. The van der Waals surface area contributed by atoms with Crippen LogP contribution >= 0.6 is 11.1 Å². The lowest BCUT2D eigenvalue weighted by atomic mass is 10.0. The minimum absolute atomic E-state index is 0.845. The lowest BCUT2D eigenvalue weighted by molar-refractivity contribution is 1.19. The molecule has 0 heterocycles. The van der Waals surface area contributed by atoms with Crippen LogP contribution in [0.25, 0.3) is 0 Å². The summed E-state index contributed by atoms with van der Waals surface area (Å²) < 4.78 is 0. The third-order valence-corrected chi connectivity index (χ3v) is 14.2. The van der Waals surface area contributed by atoms with Gasteiger partial charge in [0.05, 0.1) is 0 Å². The molecule has 6 rings (SSSR count). The Morgan fingerprint density at radius 1 is 0.364 bits per heavy atom. The quantitative estimate of drug-likeness (QED) is 0.0878. The van der Waals surface area contributed by atoms with Crippen LogP contribution < -0.4 is 15.6 Å². The molecule has 0 nitrogen and oxygen atoms in total. The van der Waals surface area contributed by atoms with Crippen LogP contribution in [0.1, 0.15) is 50.1 Å². The van der Waals surface area contributed by atoms with Crippen molar-refractivity contribution in [2.45, 2.75) is 40.0 Å². The molecule has 0 bridgehead atoms. The zero-order valence-corrected chi connectivity index (χ0v) is 27.6. The summed E-state index contributed by atoms with van der Waals surface area (Å²) in [6.45, 7) is 6.43. The van der Waals surface area contributed by atoms with Gasteiger partial charge in [-0.15, -0.1) is 11.1 Å². The summed E-state index contributed by atoms with van der Waals surface area (Å²) in [6, 6.07) is 53.5. The van der Waals surface area contributed by atoms with Crippen molar-refractivity contribution >= 4 is 34.0 Å². The molecule has 0 spiro atoms. The Morgan fingerprint density at radius 3 is 0.886 bits per heavy atom. The summed E-state index contributed by atoms with van der Waals surface area (Å²) in [5.41, 5.74) is 11.6. The summed E-state index contributed by atoms with van der Waals surface area (Å²) in [7, 11) is -3.03. The van der Waals surface area contributed by atoms with Gasteiger partial charge in [0.25, 0.3) is 0 Å². The number of hydrogen-bond acceptors (Lipinski definition) is 0. The minimum atomic E-state index is -3.03. The Bertz CT molecular complexity index is 1630. The van der Waals surface area contributed by atoms with Gasteiger partial charge in [-0.05, 0) is 89.0 Å². The van der Waals surface area contributed by atoms with E-state index in [2.05, 4.69) is 166 Å². The highest BCUT2D eigenvalue weighted by atomic mass is 35.6. The Morgan fingerprint density at radius 2 is 0.614 bits per heavy atom. The Kier molecular flexibility index (Phi) is 8.98. The Balaban J connectivity index is 1.55. The van der Waals surface area contributed by atoms with Crippen molar-refractivity contribution in [3.05, 3.63) is 196 Å². The maximum atomic E-state index is 8.44. The number of halogens is 1. The summed E-state index contributed by atoms with van der Waals surface area (Å²) >= 11 is 8.44. The summed E-state index contributed by atoms with van der Waals surface area (Å²) in [5.74, 6) is 0. The monoisotopic (exact) mass is 606 g/mol. The normalized spacial score (nSPS) is 11.5. The zero-order valence-electron chi connectivity index (χ0n) is 25.9. The van der Waals surface area contributed by atoms with Crippen molar-refractivity contribution < 1.29 is 0 Å². The van der Waals surface area contributed by atoms with Gasteiger partial charge in [0.1, 0.15) is 0 Å². The van der Waals surface area contributed by atoms with Crippen LogP contribution in [0.15, 0.2) is 146 Å². The second-order valence-corrected chi connectivity index (χ2v) is 16.8. The van der Waals surface area contributed by atoms with Crippen LogP contribution in [0, 0.1) is 20.8 Å². The fourth-order valence-electron chi connectivity index (χ4n) is 6.24. The molecule has 2 heteroatoms. The largest absolute Gasteiger partial charge is 0.248 e. The van der Waals surface area contributed by atoms with Crippen LogP contribution in [0.4, 0.5) is 0 Å². The number of hydrogen-bond donors (Lipinski definition) is 0. The summed E-state index contributed by atoms with van der Waals surface area (Å²) in [6.07, 6.45) is 2.54. The molecular formula is C42H39ClSi. The Labute approximate surface area is 268 Å². The molecule has 0 fully saturated rings. The van der Waals surface area contributed by atoms with Gasteiger partial charge in [-0.2, -0.15) is 0 Å². The van der Waals surface area contributed by atoms with Gasteiger partial charge in [-0.1, -0.05) is 162 Å². The van der Waals surface area contributed by atoms with Crippen molar-refractivity contribution in [2.24, 2.45) is 0 Å². The van der Waals surface area contributed by atoms with Gasteiger partial charge in [0, 0.05) is 0 Å². The maximum Gasteiger partial charge on any atom is 0.248 e. The first-order valence-corrected chi connectivity index (χ1v) is 18.5. The zero-order chi connectivity index (χ0) is 30.5. The number of aryl methyl sites for hydroxylation is 3. The van der Waals surface area contributed by atoms with Gasteiger partial charge in [0.2, 0.25) is 7.38 Å². The van der Waals surface area contributed by atoms with Crippen LogP contribution in [0.5, 0.6) is 0 Å². The van der Waals surface area contributed by atoms with Crippen LogP contribution in [0.3, 0.4) is 0 Å². The van der Waals surface area contributed by atoms with Gasteiger partial charge < -0.3 is 0 Å². The highest BCUT2D eigenvalue weighted by molar-refractivity contribution is 7.40. The molecule has 6 aromatic carbocycles. The first-order valence-electron chi connectivity index (χ1n) is 15.5. The van der Waals surface area contributed by atoms with Crippen molar-refractivity contribution in [3.63, 3.8) is 0 Å². The Hall–Kier alpha value is -4.17. The molecule has 0 saturated carbocycles. The topological polar surface area (TPSA) is 0 Å². The van der Waals surface area contributed by atoms with E-state index in [0.29, 0.717) is 0 Å². The molecule has 0 aliphatic carbocycles. The van der Waals surface area contributed by atoms with E-state index in [1.807, 2.05) is 0 Å². The molecule has 0 aliphatic heterocycles. The maximum absolute atomic E-state index is 8.44. The van der Waals surface area contributed by atoms with E-state index in [9.17, 15) is 0 Å². The molecule has 0 atom stereocenters. The molecule has 0 amide bonds. The van der Waals surface area contributed by atoms with Gasteiger partial charge in [-0.3, -0.25) is 0 Å². The van der Waals surface area contributed by atoms with E-state index in [1.165, 1.54) is 65.6 Å². The predicted molar refractivity (Wildman–Crippen MR) is 192 cm³/mol. The molecule has 0 N–H and O–H groups in total. The van der Waals surface area contributed by atoms with Crippen LogP contribution in [-0.2, 0) is 19.3 Å². The van der Waals surface area contributed by atoms with Crippen LogP contribution in [0.2, 0.25) is 0 Å². The van der Waals surface area contributed by atoms with Crippen molar-refractivity contribution in [1.29, 1.82) is 0 Å². The average molecular weight is 607 g/mol. The van der Waals surface area contributed by atoms with E-state index in [0.717, 1.165) is 19.3 Å². The van der Waals surface area contributed by atoms with Crippen molar-refractivity contribution in [3.8, 4) is 0 Å². The first kappa shape index (κ1) is 29.9.